The highest BCUT2D eigenvalue weighted by molar-refractivity contribution is 14.1. The molecule has 0 radical (unpaired) electrons. The second kappa shape index (κ2) is 17.5. The molecule has 0 aliphatic carbocycles. The molecule has 2 aliphatic heterocycles. The zero-order valence-electron chi connectivity index (χ0n) is 30.8. The number of alkyl halides is 1. The number of rotatable bonds is 9. The van der Waals surface area contributed by atoms with Gasteiger partial charge in [-0.1, -0.05) is 50.9 Å². The number of anilines is 1. The van der Waals surface area contributed by atoms with Gasteiger partial charge in [0.1, 0.15) is 5.78 Å². The first-order valence-corrected chi connectivity index (χ1v) is 19.3. The van der Waals surface area contributed by atoms with Gasteiger partial charge in [0.25, 0.3) is 5.91 Å². The third-order valence-corrected chi connectivity index (χ3v) is 12.1. The normalized spacial score (nSPS) is 30.1. The summed E-state index contributed by atoms with van der Waals surface area (Å²) in [6.07, 6.45) is 4.20. The van der Waals surface area contributed by atoms with E-state index in [1.165, 1.54) is 30.5 Å². The molecule has 2 aliphatic rings. The Morgan fingerprint density at radius 2 is 1.71 bits per heavy atom. The van der Waals surface area contributed by atoms with Gasteiger partial charge in [0, 0.05) is 43.4 Å². The molecule has 3 heterocycles. The predicted molar refractivity (Wildman–Crippen MR) is 206 cm³/mol. The van der Waals surface area contributed by atoms with Crippen molar-refractivity contribution in [2.24, 2.45) is 23.7 Å². The smallest absolute Gasteiger partial charge is 0.410 e. The summed E-state index contributed by atoms with van der Waals surface area (Å²) in [5, 5.41) is 3.07. The molecular weight excluding hydrogens is 828 g/mol. The second-order valence-electron chi connectivity index (χ2n) is 14.3. The van der Waals surface area contributed by atoms with Crippen molar-refractivity contribution in [1.82, 2.24) is 9.88 Å². The first-order chi connectivity index (χ1) is 24.4. The number of hydrogen-bond acceptors (Lipinski definition) is 10. The van der Waals surface area contributed by atoms with Crippen molar-refractivity contribution in [2.45, 2.75) is 88.6 Å². The lowest BCUT2D eigenvalue weighted by molar-refractivity contribution is -0.158. The highest BCUT2D eigenvalue weighted by atomic mass is 127. The van der Waals surface area contributed by atoms with Crippen LogP contribution in [-0.4, -0.2) is 82.4 Å². The van der Waals surface area contributed by atoms with Gasteiger partial charge in [-0.25, -0.2) is 4.79 Å². The van der Waals surface area contributed by atoms with E-state index in [-0.39, 0.29) is 52.1 Å². The number of Topliss-reactive ketones (excluding diaryl/α,β-unsaturated/α-hetero) is 1. The number of amides is 2. The van der Waals surface area contributed by atoms with Gasteiger partial charge in [0.15, 0.2) is 21.2 Å². The fourth-order valence-corrected chi connectivity index (χ4v) is 8.63. The van der Waals surface area contributed by atoms with E-state index in [2.05, 4.69) is 17.2 Å². The summed E-state index contributed by atoms with van der Waals surface area (Å²) in [6.45, 7) is 11.6. The third kappa shape index (κ3) is 9.43. The molecule has 2 aromatic rings. The van der Waals surface area contributed by atoms with E-state index in [0.717, 1.165) is 0 Å². The Hall–Kier alpha value is -2.88. The highest BCUT2D eigenvalue weighted by Gasteiger charge is 2.59. The van der Waals surface area contributed by atoms with Gasteiger partial charge >= 0.3 is 12.1 Å². The molecule has 2 saturated heterocycles. The molecule has 0 unspecified atom stereocenters. The van der Waals surface area contributed by atoms with E-state index in [1.54, 1.807) is 33.1 Å². The monoisotopic (exact) mass is 875 g/mol. The topological polar surface area (TPSA) is 143 Å². The average molecular weight is 877 g/mol. The van der Waals surface area contributed by atoms with Gasteiger partial charge in [-0.2, -0.15) is 0 Å². The summed E-state index contributed by atoms with van der Waals surface area (Å²) in [4.78, 5) is 59.6. The van der Waals surface area contributed by atoms with Crippen molar-refractivity contribution in [3.8, 4) is 11.5 Å². The van der Waals surface area contributed by atoms with Crippen LogP contribution in [0.5, 0.6) is 11.5 Å². The second-order valence-corrected chi connectivity index (χ2v) is 16.3. The van der Waals surface area contributed by atoms with Crippen LogP contribution < -0.4 is 14.8 Å². The van der Waals surface area contributed by atoms with Gasteiger partial charge < -0.3 is 33.9 Å². The largest absolute Gasteiger partial charge is 0.493 e. The molecule has 52 heavy (non-hydrogen) atoms. The van der Waals surface area contributed by atoms with Crippen LogP contribution in [0.4, 0.5) is 10.5 Å². The van der Waals surface area contributed by atoms with Crippen molar-refractivity contribution >= 4 is 75.2 Å². The molecule has 0 spiro atoms. The number of halogens is 3. The van der Waals surface area contributed by atoms with Crippen molar-refractivity contribution in [3.63, 3.8) is 0 Å². The van der Waals surface area contributed by atoms with Gasteiger partial charge in [-0.3, -0.25) is 19.4 Å². The number of ether oxygens (including phenoxy) is 5. The molecule has 8 atom stereocenters. The van der Waals surface area contributed by atoms with E-state index in [0.29, 0.717) is 37.2 Å². The Labute approximate surface area is 329 Å². The maximum Gasteiger partial charge on any atom is 0.410 e. The Balaban J connectivity index is 1.54. The van der Waals surface area contributed by atoms with Crippen molar-refractivity contribution in [2.75, 3.05) is 32.7 Å². The van der Waals surface area contributed by atoms with Crippen molar-refractivity contribution in [1.29, 1.82) is 0 Å². The fourth-order valence-electron chi connectivity index (χ4n) is 7.43. The van der Waals surface area contributed by atoms with E-state index < -0.39 is 51.2 Å². The van der Waals surface area contributed by atoms with E-state index in [4.69, 9.17) is 46.9 Å². The van der Waals surface area contributed by atoms with Crippen LogP contribution >= 0.6 is 45.8 Å². The molecule has 1 aromatic carbocycles. The summed E-state index contributed by atoms with van der Waals surface area (Å²) in [5.41, 5.74) is -1.43. The number of methoxy groups -OCH3 is 2. The molecule has 12 nitrogen and oxygen atoms in total. The predicted octanol–water partition coefficient (Wildman–Crippen LogP) is 8.00. The number of esters is 1. The summed E-state index contributed by atoms with van der Waals surface area (Å²) in [7, 11) is 3.13. The maximum absolute atomic E-state index is 14.1. The zero-order chi connectivity index (χ0) is 38.5. The molecule has 1 aromatic heterocycles. The van der Waals surface area contributed by atoms with Crippen LogP contribution in [0, 0.1) is 23.7 Å². The fraction of sp³-hybridized carbons (Fsp3) is 0.595. The quantitative estimate of drug-likeness (QED) is 0.114. The number of carbonyl (C=O) groups is 4. The van der Waals surface area contributed by atoms with E-state index in [9.17, 15) is 19.2 Å². The van der Waals surface area contributed by atoms with Crippen LogP contribution in [0.1, 0.15) is 77.6 Å². The minimum absolute atomic E-state index is 0.0405. The number of benzene rings is 1. The lowest BCUT2D eigenvalue weighted by atomic mass is 9.76. The minimum atomic E-state index is -1.32. The van der Waals surface area contributed by atoms with E-state index in [1.807, 2.05) is 43.4 Å². The molecule has 286 valence electrons. The molecule has 4 rings (SSSR count). The maximum atomic E-state index is 14.1. The summed E-state index contributed by atoms with van der Waals surface area (Å²) >= 11 is 14.3. The zero-order valence-corrected chi connectivity index (χ0v) is 34.5. The Morgan fingerprint density at radius 1 is 1.04 bits per heavy atom. The molecule has 1 N–H and O–H groups in total. The van der Waals surface area contributed by atoms with Gasteiger partial charge in [0.05, 0.1) is 47.0 Å². The van der Waals surface area contributed by atoms with Crippen LogP contribution in [0.15, 0.2) is 30.6 Å². The van der Waals surface area contributed by atoms with Gasteiger partial charge in [-0.05, 0) is 86.2 Å². The van der Waals surface area contributed by atoms with Crippen LogP contribution in [0.25, 0.3) is 0 Å². The minimum Gasteiger partial charge on any atom is -0.493 e. The lowest BCUT2D eigenvalue weighted by Crippen LogP contribution is -2.56. The molecule has 2 fully saturated rings. The number of carbonyl (C=O) groups excluding carboxylic acids is 4. The summed E-state index contributed by atoms with van der Waals surface area (Å²) < 4.78 is 28.6. The van der Waals surface area contributed by atoms with Gasteiger partial charge in [-0.15, -0.1) is 0 Å². The number of pyridine rings is 1. The molecule has 0 saturated carbocycles. The number of ketones is 1. The first kappa shape index (κ1) is 41.9. The standard InChI is InChI=1S/C37H48Cl2IN3O9/c1-20-14-21(2)33(46)51-34(40)37(6)31(23(4)30(44)22(3)17-36(5,16-20)49-8)43(35(47)52-37)12-9-13-50-28-15-24(10-11-27(28)48-7)32(45)42-29-25(38)18-41-19-26(29)39/h10-11,15,18-23,31,34H,9,12-14,16-17H2,1-8H3,(H,41,42,45)/t20-,21+,22+,23-,31+,34-,36-,37-/m0/s1. The number of cyclic esters (lactones) is 1. The van der Waals surface area contributed by atoms with Crippen molar-refractivity contribution in [3.05, 3.63) is 46.2 Å². The Kier molecular flexibility index (Phi) is 14.1. The number of fused-ring (bicyclic) bond motifs is 1. The number of hydrogen-bond donors (Lipinski definition) is 1. The molecule has 2 amide bonds. The SMILES string of the molecule is COc1ccc(C(=O)Nc2c(Cl)cncc2Cl)cc1OCCCN1C(=O)O[C@]2(C)[C@@H](I)OC(=O)[C@H](C)C[C@H](C)C[C@](C)(OC)C[C@@H](C)C(=O)[C@H](C)[C@@H]12. The molecule has 0 bridgehead atoms. The summed E-state index contributed by atoms with van der Waals surface area (Å²) in [6, 6.07) is 3.96. The van der Waals surface area contributed by atoms with Crippen LogP contribution in [-0.2, 0) is 23.8 Å². The number of aromatic nitrogens is 1. The van der Waals surface area contributed by atoms with Crippen LogP contribution in [0.2, 0.25) is 10.0 Å². The van der Waals surface area contributed by atoms with E-state index >= 15 is 0 Å². The molecule has 15 heteroatoms. The first-order valence-electron chi connectivity index (χ1n) is 17.3. The lowest BCUT2D eigenvalue weighted by Gasteiger charge is -2.40. The Morgan fingerprint density at radius 3 is 2.35 bits per heavy atom. The summed E-state index contributed by atoms with van der Waals surface area (Å²) in [5.74, 6) is -1.52. The highest BCUT2D eigenvalue weighted by Crippen LogP contribution is 2.43. The van der Waals surface area contributed by atoms with Crippen LogP contribution in [0.3, 0.4) is 0 Å². The Bertz CT molecular complexity index is 1630. The third-order valence-electron chi connectivity index (χ3n) is 10.0. The number of nitrogens with one attached hydrogen (secondary N) is 1. The van der Waals surface area contributed by atoms with Crippen molar-refractivity contribution < 1.29 is 42.9 Å². The average Bonchev–Trinajstić information content (AvgIpc) is 3.36. The van der Waals surface area contributed by atoms with Gasteiger partial charge in [0.2, 0.25) is 0 Å². The molecular formula is C37H48Cl2IN3O9. The number of nitrogens with zero attached hydrogens (tertiary/aromatic N) is 2.